The van der Waals surface area contributed by atoms with Crippen LogP contribution in [-0.4, -0.2) is 37.8 Å². The van der Waals surface area contributed by atoms with E-state index in [-0.39, 0.29) is 6.61 Å². The standard InChI is InChI=1S/C15H16BrN5O/c1-9-10(2)21(12-4-3-11(16)7-18-12)15-13(9)14(17-5-6-22)19-8-20-15/h3-4,7-8,22H,5-6H2,1-2H3,(H,17,19,20). The van der Waals surface area contributed by atoms with E-state index in [0.717, 1.165) is 38.4 Å². The van der Waals surface area contributed by atoms with Crippen molar-refractivity contribution in [2.24, 2.45) is 0 Å². The molecule has 22 heavy (non-hydrogen) atoms. The highest BCUT2D eigenvalue weighted by Crippen LogP contribution is 2.30. The van der Waals surface area contributed by atoms with E-state index in [1.165, 1.54) is 6.33 Å². The van der Waals surface area contributed by atoms with Crippen LogP contribution in [0.4, 0.5) is 5.82 Å². The molecule has 3 rings (SSSR count). The van der Waals surface area contributed by atoms with Crippen molar-refractivity contribution in [2.75, 3.05) is 18.5 Å². The minimum atomic E-state index is 0.0541. The van der Waals surface area contributed by atoms with Crippen molar-refractivity contribution < 1.29 is 5.11 Å². The Labute approximate surface area is 136 Å². The van der Waals surface area contributed by atoms with E-state index in [2.05, 4.69) is 36.2 Å². The van der Waals surface area contributed by atoms with Crippen LogP contribution in [0.3, 0.4) is 0 Å². The van der Waals surface area contributed by atoms with Gasteiger partial charge in [0.2, 0.25) is 0 Å². The molecular weight excluding hydrogens is 346 g/mol. The maximum Gasteiger partial charge on any atom is 0.151 e. The molecule has 0 amide bonds. The second-order valence-electron chi connectivity index (χ2n) is 4.95. The number of pyridine rings is 1. The Hall–Kier alpha value is -1.99. The molecule has 3 heterocycles. The Balaban J connectivity index is 2.23. The molecule has 0 aliphatic rings. The summed E-state index contributed by atoms with van der Waals surface area (Å²) in [4.78, 5) is 13.2. The van der Waals surface area contributed by atoms with Gasteiger partial charge in [-0.25, -0.2) is 15.0 Å². The number of anilines is 1. The van der Waals surface area contributed by atoms with Gasteiger partial charge in [-0.05, 0) is 47.5 Å². The monoisotopic (exact) mass is 361 g/mol. The smallest absolute Gasteiger partial charge is 0.151 e. The molecule has 0 atom stereocenters. The predicted molar refractivity (Wildman–Crippen MR) is 89.4 cm³/mol. The molecule has 3 aromatic rings. The molecule has 6 nitrogen and oxygen atoms in total. The van der Waals surface area contributed by atoms with Crippen LogP contribution in [0.2, 0.25) is 0 Å². The van der Waals surface area contributed by atoms with Gasteiger partial charge in [0, 0.05) is 22.9 Å². The number of hydrogen-bond acceptors (Lipinski definition) is 5. The van der Waals surface area contributed by atoms with Gasteiger partial charge in [-0.3, -0.25) is 4.57 Å². The number of halogens is 1. The van der Waals surface area contributed by atoms with Gasteiger partial charge in [0.25, 0.3) is 0 Å². The number of nitrogens with one attached hydrogen (secondary N) is 1. The summed E-state index contributed by atoms with van der Waals surface area (Å²) in [5, 5.41) is 13.1. The largest absolute Gasteiger partial charge is 0.395 e. The summed E-state index contributed by atoms with van der Waals surface area (Å²) in [7, 11) is 0. The van der Waals surface area contributed by atoms with E-state index in [4.69, 9.17) is 5.11 Å². The Kier molecular flexibility index (Phi) is 4.08. The van der Waals surface area contributed by atoms with Crippen molar-refractivity contribution in [1.29, 1.82) is 0 Å². The molecule has 0 unspecified atom stereocenters. The van der Waals surface area contributed by atoms with Crippen LogP contribution < -0.4 is 5.32 Å². The normalized spacial score (nSPS) is 11.1. The summed E-state index contributed by atoms with van der Waals surface area (Å²) in [5.74, 6) is 1.54. The fraction of sp³-hybridized carbons (Fsp3) is 0.267. The molecule has 2 N–H and O–H groups in total. The van der Waals surface area contributed by atoms with Gasteiger partial charge < -0.3 is 10.4 Å². The van der Waals surface area contributed by atoms with Crippen molar-refractivity contribution in [2.45, 2.75) is 13.8 Å². The van der Waals surface area contributed by atoms with Crippen LogP contribution in [0.1, 0.15) is 11.3 Å². The fourth-order valence-electron chi connectivity index (χ4n) is 2.49. The van der Waals surface area contributed by atoms with Crippen molar-refractivity contribution >= 4 is 32.8 Å². The lowest BCUT2D eigenvalue weighted by Gasteiger charge is -2.07. The zero-order chi connectivity index (χ0) is 15.7. The van der Waals surface area contributed by atoms with Gasteiger partial charge in [0.15, 0.2) is 5.65 Å². The molecule has 0 aliphatic heterocycles. The van der Waals surface area contributed by atoms with Crippen LogP contribution in [0.5, 0.6) is 0 Å². The molecule has 0 aliphatic carbocycles. The van der Waals surface area contributed by atoms with Crippen LogP contribution in [-0.2, 0) is 0 Å². The van der Waals surface area contributed by atoms with Crippen LogP contribution in [0.25, 0.3) is 16.9 Å². The quantitative estimate of drug-likeness (QED) is 0.746. The van der Waals surface area contributed by atoms with Crippen LogP contribution in [0.15, 0.2) is 29.1 Å². The number of aliphatic hydroxyl groups is 1. The number of aromatic nitrogens is 4. The second kappa shape index (κ2) is 6.02. The van der Waals surface area contributed by atoms with E-state index < -0.39 is 0 Å². The van der Waals surface area contributed by atoms with Crippen molar-refractivity contribution in [1.82, 2.24) is 19.5 Å². The summed E-state index contributed by atoms with van der Waals surface area (Å²) in [5.41, 5.74) is 2.97. The lowest BCUT2D eigenvalue weighted by atomic mass is 10.2. The van der Waals surface area contributed by atoms with Gasteiger partial charge >= 0.3 is 0 Å². The molecule has 3 aromatic heterocycles. The maximum atomic E-state index is 9.01. The molecule has 0 saturated carbocycles. The summed E-state index contributed by atoms with van der Waals surface area (Å²) < 4.78 is 2.95. The first-order chi connectivity index (χ1) is 10.6. The van der Waals surface area contributed by atoms with E-state index in [1.807, 2.05) is 30.5 Å². The Morgan fingerprint density at radius 2 is 2.05 bits per heavy atom. The van der Waals surface area contributed by atoms with Gasteiger partial charge in [0.05, 0.1) is 12.0 Å². The van der Waals surface area contributed by atoms with E-state index in [0.29, 0.717) is 6.54 Å². The molecule has 114 valence electrons. The third kappa shape index (κ3) is 2.46. The van der Waals surface area contributed by atoms with Crippen molar-refractivity contribution in [3.05, 3.63) is 40.4 Å². The minimum absolute atomic E-state index is 0.0541. The highest BCUT2D eigenvalue weighted by molar-refractivity contribution is 9.10. The third-order valence-corrected chi connectivity index (χ3v) is 4.11. The number of fused-ring (bicyclic) bond motifs is 1. The first-order valence-electron chi connectivity index (χ1n) is 6.92. The third-order valence-electron chi connectivity index (χ3n) is 3.64. The summed E-state index contributed by atoms with van der Waals surface area (Å²) in [6, 6.07) is 3.90. The van der Waals surface area contributed by atoms with Gasteiger partial charge in [-0.2, -0.15) is 0 Å². The molecule has 0 saturated heterocycles. The van der Waals surface area contributed by atoms with E-state index >= 15 is 0 Å². The summed E-state index contributed by atoms with van der Waals surface area (Å²) in [6.07, 6.45) is 3.29. The lowest BCUT2D eigenvalue weighted by molar-refractivity contribution is 0.311. The highest BCUT2D eigenvalue weighted by atomic mass is 79.9. The minimum Gasteiger partial charge on any atom is -0.395 e. The zero-order valence-electron chi connectivity index (χ0n) is 12.3. The van der Waals surface area contributed by atoms with Crippen molar-refractivity contribution in [3.8, 4) is 5.82 Å². The predicted octanol–water partition coefficient (Wildman–Crippen LogP) is 2.60. The molecule has 0 spiro atoms. The van der Waals surface area contributed by atoms with Gasteiger partial charge in [-0.15, -0.1) is 0 Å². The van der Waals surface area contributed by atoms with E-state index in [9.17, 15) is 0 Å². The summed E-state index contributed by atoms with van der Waals surface area (Å²) in [6.45, 7) is 4.59. The average Bonchev–Trinajstić information content (AvgIpc) is 2.79. The second-order valence-corrected chi connectivity index (χ2v) is 5.87. The number of aryl methyl sites for hydroxylation is 1. The Bertz CT molecular complexity index is 813. The average molecular weight is 362 g/mol. The highest BCUT2D eigenvalue weighted by Gasteiger charge is 2.17. The first-order valence-corrected chi connectivity index (χ1v) is 7.72. The number of hydrogen-bond donors (Lipinski definition) is 2. The molecule has 0 bridgehead atoms. The first kappa shape index (κ1) is 14.9. The molecular formula is C15H16BrN5O. The maximum absolute atomic E-state index is 9.01. The number of aliphatic hydroxyl groups excluding tert-OH is 1. The lowest BCUT2D eigenvalue weighted by Crippen LogP contribution is -2.08. The Morgan fingerprint density at radius 1 is 1.23 bits per heavy atom. The Morgan fingerprint density at radius 3 is 2.73 bits per heavy atom. The van der Waals surface area contributed by atoms with Gasteiger partial charge in [-0.1, -0.05) is 0 Å². The van der Waals surface area contributed by atoms with Gasteiger partial charge in [0.1, 0.15) is 18.0 Å². The number of nitrogens with zero attached hydrogens (tertiary/aromatic N) is 4. The molecule has 7 heteroatoms. The van der Waals surface area contributed by atoms with Crippen LogP contribution >= 0.6 is 15.9 Å². The zero-order valence-corrected chi connectivity index (χ0v) is 13.9. The van der Waals surface area contributed by atoms with E-state index in [1.54, 1.807) is 6.20 Å². The molecule has 0 fully saturated rings. The SMILES string of the molecule is Cc1c(C)n(-c2ccc(Br)cn2)c2ncnc(NCCO)c12. The fourth-order valence-corrected chi connectivity index (χ4v) is 2.72. The summed E-state index contributed by atoms with van der Waals surface area (Å²) >= 11 is 3.40. The van der Waals surface area contributed by atoms with Crippen molar-refractivity contribution in [3.63, 3.8) is 0 Å². The molecule has 0 aromatic carbocycles. The number of rotatable bonds is 4. The molecule has 0 radical (unpaired) electrons. The topological polar surface area (TPSA) is 75.9 Å². The van der Waals surface area contributed by atoms with Crippen LogP contribution in [0, 0.1) is 13.8 Å².